The van der Waals surface area contributed by atoms with Gasteiger partial charge in [0.15, 0.2) is 0 Å². The van der Waals surface area contributed by atoms with E-state index in [2.05, 4.69) is 10.3 Å². The number of nitrogens with zero attached hydrogens (tertiary/aromatic N) is 1. The van der Waals surface area contributed by atoms with E-state index < -0.39 is 0 Å². The molecule has 0 unspecified atom stereocenters. The molecule has 92 valence electrons. The van der Waals surface area contributed by atoms with Crippen LogP contribution in [0.3, 0.4) is 0 Å². The quantitative estimate of drug-likeness (QED) is 0.794. The average molecular weight is 241 g/mol. The van der Waals surface area contributed by atoms with Gasteiger partial charge >= 0.3 is 0 Å². The van der Waals surface area contributed by atoms with Gasteiger partial charge in [0.05, 0.1) is 5.56 Å². The molecule has 0 atom stereocenters. The van der Waals surface area contributed by atoms with Crippen LogP contribution in [0.1, 0.15) is 21.5 Å². The number of nitrogens with one attached hydrogen (secondary N) is 1. The van der Waals surface area contributed by atoms with E-state index in [-0.39, 0.29) is 5.91 Å². The minimum absolute atomic E-state index is 0.181. The van der Waals surface area contributed by atoms with Crippen molar-refractivity contribution in [2.45, 2.75) is 13.8 Å². The van der Waals surface area contributed by atoms with E-state index in [1.165, 1.54) is 0 Å². The molecule has 0 bridgehead atoms. The van der Waals surface area contributed by atoms with Crippen LogP contribution in [0.15, 0.2) is 36.7 Å². The first kappa shape index (κ1) is 12.1. The SMILES string of the molecule is Cc1cncc(C(=O)Nc2cc(N)ccc2C)c1. The largest absolute Gasteiger partial charge is 0.399 e. The smallest absolute Gasteiger partial charge is 0.257 e. The number of anilines is 2. The summed E-state index contributed by atoms with van der Waals surface area (Å²) in [6, 6.07) is 7.22. The number of hydrogen-bond acceptors (Lipinski definition) is 3. The third kappa shape index (κ3) is 2.66. The maximum atomic E-state index is 12.0. The summed E-state index contributed by atoms with van der Waals surface area (Å²) in [7, 11) is 0. The molecule has 0 aliphatic heterocycles. The van der Waals surface area contributed by atoms with E-state index in [9.17, 15) is 4.79 Å². The summed E-state index contributed by atoms with van der Waals surface area (Å²) in [5.41, 5.74) is 9.51. The van der Waals surface area contributed by atoms with E-state index in [4.69, 9.17) is 5.73 Å². The molecule has 3 N–H and O–H groups in total. The Labute approximate surface area is 106 Å². The normalized spacial score (nSPS) is 10.1. The highest BCUT2D eigenvalue weighted by Crippen LogP contribution is 2.19. The van der Waals surface area contributed by atoms with Crippen LogP contribution < -0.4 is 11.1 Å². The van der Waals surface area contributed by atoms with Crippen molar-refractivity contribution >= 4 is 17.3 Å². The second kappa shape index (κ2) is 4.87. The van der Waals surface area contributed by atoms with Crippen molar-refractivity contribution in [1.29, 1.82) is 0 Å². The summed E-state index contributed by atoms with van der Waals surface area (Å²) in [6.07, 6.45) is 3.26. The van der Waals surface area contributed by atoms with Crippen LogP contribution in [0.4, 0.5) is 11.4 Å². The molecule has 0 radical (unpaired) electrons. The van der Waals surface area contributed by atoms with Crippen LogP contribution in [-0.2, 0) is 0 Å². The maximum absolute atomic E-state index is 12.0. The van der Waals surface area contributed by atoms with Crippen LogP contribution in [0, 0.1) is 13.8 Å². The third-order valence-corrected chi connectivity index (χ3v) is 2.65. The zero-order valence-electron chi connectivity index (χ0n) is 10.4. The van der Waals surface area contributed by atoms with Crippen LogP contribution in [0.2, 0.25) is 0 Å². The highest BCUT2D eigenvalue weighted by Gasteiger charge is 2.08. The molecule has 1 aromatic carbocycles. The van der Waals surface area contributed by atoms with Crippen LogP contribution >= 0.6 is 0 Å². The summed E-state index contributed by atoms with van der Waals surface area (Å²) in [5.74, 6) is -0.181. The number of nitrogens with two attached hydrogens (primary N) is 1. The van der Waals surface area contributed by atoms with E-state index >= 15 is 0 Å². The number of benzene rings is 1. The van der Waals surface area contributed by atoms with Crippen molar-refractivity contribution < 1.29 is 4.79 Å². The van der Waals surface area contributed by atoms with Crippen molar-refractivity contribution in [3.63, 3.8) is 0 Å². The Hall–Kier alpha value is -2.36. The number of rotatable bonds is 2. The molecule has 0 fully saturated rings. The summed E-state index contributed by atoms with van der Waals surface area (Å²) in [6.45, 7) is 3.82. The van der Waals surface area contributed by atoms with Crippen LogP contribution in [0.25, 0.3) is 0 Å². The Balaban J connectivity index is 2.24. The number of amides is 1. The standard InChI is InChI=1S/C14H15N3O/c1-9-5-11(8-16-7-9)14(18)17-13-6-12(15)4-3-10(13)2/h3-8H,15H2,1-2H3,(H,17,18). The second-order valence-corrected chi connectivity index (χ2v) is 4.28. The predicted molar refractivity (Wildman–Crippen MR) is 72.5 cm³/mol. The molecule has 0 aliphatic carbocycles. The maximum Gasteiger partial charge on any atom is 0.257 e. The van der Waals surface area contributed by atoms with Gasteiger partial charge in [0, 0.05) is 23.8 Å². The first-order valence-electron chi connectivity index (χ1n) is 5.65. The second-order valence-electron chi connectivity index (χ2n) is 4.28. The lowest BCUT2D eigenvalue weighted by atomic mass is 10.1. The molecule has 0 saturated carbocycles. The number of nitrogen functional groups attached to an aromatic ring is 1. The summed E-state index contributed by atoms with van der Waals surface area (Å²) >= 11 is 0. The van der Waals surface area contributed by atoms with Crippen molar-refractivity contribution in [2.75, 3.05) is 11.1 Å². The van der Waals surface area contributed by atoms with Gasteiger partial charge in [-0.2, -0.15) is 0 Å². The molecule has 0 saturated heterocycles. The highest BCUT2D eigenvalue weighted by atomic mass is 16.1. The van der Waals surface area contributed by atoms with E-state index in [1.54, 1.807) is 30.6 Å². The number of hydrogen-bond donors (Lipinski definition) is 2. The van der Waals surface area contributed by atoms with Crippen molar-refractivity contribution in [1.82, 2.24) is 4.98 Å². The van der Waals surface area contributed by atoms with Crippen LogP contribution in [0.5, 0.6) is 0 Å². The van der Waals surface area contributed by atoms with Gasteiger partial charge in [0.25, 0.3) is 5.91 Å². The molecule has 4 nitrogen and oxygen atoms in total. The van der Waals surface area contributed by atoms with Crippen molar-refractivity contribution in [3.05, 3.63) is 53.3 Å². The molecule has 1 heterocycles. The van der Waals surface area contributed by atoms with Gasteiger partial charge in [0.2, 0.25) is 0 Å². The molecule has 18 heavy (non-hydrogen) atoms. The van der Waals surface area contributed by atoms with Gasteiger partial charge < -0.3 is 11.1 Å². The van der Waals surface area contributed by atoms with Gasteiger partial charge in [0.1, 0.15) is 0 Å². The summed E-state index contributed by atoms with van der Waals surface area (Å²) in [4.78, 5) is 16.0. The molecular weight excluding hydrogens is 226 g/mol. The fourth-order valence-electron chi connectivity index (χ4n) is 1.65. The Kier molecular flexibility index (Phi) is 3.28. The van der Waals surface area contributed by atoms with Gasteiger partial charge in [-0.1, -0.05) is 6.07 Å². The molecule has 1 amide bonds. The molecule has 0 spiro atoms. The van der Waals surface area contributed by atoms with Gasteiger partial charge in [-0.25, -0.2) is 0 Å². The number of carbonyl (C=O) groups is 1. The minimum atomic E-state index is -0.181. The third-order valence-electron chi connectivity index (χ3n) is 2.65. The molecule has 0 aliphatic rings. The predicted octanol–water partition coefficient (Wildman–Crippen LogP) is 2.53. The van der Waals surface area contributed by atoms with Gasteiger partial charge in [-0.3, -0.25) is 9.78 Å². The first-order valence-corrected chi connectivity index (χ1v) is 5.65. The van der Waals surface area contributed by atoms with E-state index in [0.717, 1.165) is 16.8 Å². The summed E-state index contributed by atoms with van der Waals surface area (Å²) < 4.78 is 0. The fourth-order valence-corrected chi connectivity index (χ4v) is 1.65. The van der Waals surface area contributed by atoms with Crippen molar-refractivity contribution in [2.24, 2.45) is 0 Å². The number of aromatic nitrogens is 1. The topological polar surface area (TPSA) is 68.0 Å². The monoisotopic (exact) mass is 241 g/mol. The highest BCUT2D eigenvalue weighted by molar-refractivity contribution is 6.04. The Morgan fingerprint density at radius 1 is 1.22 bits per heavy atom. The number of pyridine rings is 1. The number of carbonyl (C=O) groups excluding carboxylic acids is 1. The van der Waals surface area contributed by atoms with Crippen LogP contribution in [-0.4, -0.2) is 10.9 Å². The van der Waals surface area contributed by atoms with Crippen molar-refractivity contribution in [3.8, 4) is 0 Å². The molecule has 4 heteroatoms. The Bertz CT molecular complexity index is 593. The summed E-state index contributed by atoms with van der Waals surface area (Å²) in [5, 5.41) is 2.84. The Morgan fingerprint density at radius 2 is 2.00 bits per heavy atom. The average Bonchev–Trinajstić information content (AvgIpc) is 2.34. The number of aryl methyl sites for hydroxylation is 2. The lowest BCUT2D eigenvalue weighted by Crippen LogP contribution is -2.13. The lowest BCUT2D eigenvalue weighted by molar-refractivity contribution is 0.102. The molecule has 1 aromatic heterocycles. The van der Waals surface area contributed by atoms with Gasteiger partial charge in [-0.15, -0.1) is 0 Å². The molecule has 2 rings (SSSR count). The Morgan fingerprint density at radius 3 is 2.72 bits per heavy atom. The molecular formula is C14H15N3O. The first-order chi connectivity index (χ1) is 8.56. The fraction of sp³-hybridized carbons (Fsp3) is 0.143. The van der Waals surface area contributed by atoms with E-state index in [1.807, 2.05) is 19.9 Å². The van der Waals surface area contributed by atoms with Gasteiger partial charge in [-0.05, 0) is 43.2 Å². The zero-order valence-corrected chi connectivity index (χ0v) is 10.4. The zero-order chi connectivity index (χ0) is 13.1. The van der Waals surface area contributed by atoms with E-state index in [0.29, 0.717) is 11.3 Å². The lowest BCUT2D eigenvalue weighted by Gasteiger charge is -2.09. The minimum Gasteiger partial charge on any atom is -0.399 e. The molecule has 2 aromatic rings.